The van der Waals surface area contributed by atoms with Gasteiger partial charge in [-0.05, 0) is 49.4 Å². The number of hydrogen-bond donors (Lipinski definition) is 2. The van der Waals surface area contributed by atoms with Crippen molar-refractivity contribution in [2.24, 2.45) is 7.05 Å². The summed E-state index contributed by atoms with van der Waals surface area (Å²) in [7, 11) is 3.91. The molecule has 35 heavy (non-hydrogen) atoms. The Morgan fingerprint density at radius 2 is 1.94 bits per heavy atom. The van der Waals surface area contributed by atoms with Crippen LogP contribution in [0.4, 0.5) is 15.9 Å². The molecule has 2 fully saturated rings. The van der Waals surface area contributed by atoms with E-state index < -0.39 is 6.17 Å². The summed E-state index contributed by atoms with van der Waals surface area (Å²) in [6, 6.07) is 7.65. The quantitative estimate of drug-likeness (QED) is 0.597. The van der Waals surface area contributed by atoms with E-state index in [9.17, 15) is 5.11 Å². The summed E-state index contributed by atoms with van der Waals surface area (Å²) in [5.41, 5.74) is 3.98. The highest BCUT2D eigenvalue weighted by Crippen LogP contribution is 2.40. The maximum absolute atomic E-state index is 15.6. The van der Waals surface area contributed by atoms with E-state index in [1.807, 2.05) is 38.5 Å². The number of halogens is 1. The highest BCUT2D eigenvalue weighted by atomic mass is 19.1. The molecule has 2 N–H and O–H groups in total. The van der Waals surface area contributed by atoms with Gasteiger partial charge in [0.1, 0.15) is 11.9 Å². The van der Waals surface area contributed by atoms with Crippen LogP contribution < -0.4 is 15.1 Å². The van der Waals surface area contributed by atoms with E-state index >= 15 is 4.39 Å². The minimum absolute atomic E-state index is 0.0700. The first-order valence-electron chi connectivity index (χ1n) is 12.6. The second kappa shape index (κ2) is 8.78. The summed E-state index contributed by atoms with van der Waals surface area (Å²) >= 11 is 0. The number of phenols is 1. The number of fused-ring (bicyclic) bond motifs is 3. The number of phenolic OH excluding ortho intramolecular Hbond substituents is 1. The highest BCUT2D eigenvalue weighted by molar-refractivity contribution is 5.78. The summed E-state index contributed by atoms with van der Waals surface area (Å²) in [5, 5.41) is 27.7. The third kappa shape index (κ3) is 4.01. The van der Waals surface area contributed by atoms with Gasteiger partial charge < -0.3 is 20.2 Å². The number of nitrogens with zero attached hydrogens (tertiary/aromatic N) is 6. The van der Waals surface area contributed by atoms with Crippen LogP contribution in [0.2, 0.25) is 0 Å². The third-order valence-electron chi connectivity index (χ3n) is 7.84. The molecular weight excluding hydrogens is 445 g/mol. The van der Waals surface area contributed by atoms with E-state index in [-0.39, 0.29) is 17.8 Å². The molecule has 0 saturated carbocycles. The van der Waals surface area contributed by atoms with Gasteiger partial charge in [-0.15, -0.1) is 10.2 Å². The Kier molecular flexibility index (Phi) is 5.59. The number of aromatic nitrogens is 4. The van der Waals surface area contributed by atoms with Gasteiger partial charge in [0.15, 0.2) is 5.82 Å². The van der Waals surface area contributed by atoms with Gasteiger partial charge in [0.05, 0.1) is 23.6 Å². The first-order chi connectivity index (χ1) is 17.0. The standard InChI is InChI=1S/C26H32FN7O/c1-32-9-4-10-34(22-12-18-5-3-6-20(29-18)25(22)27)26-23(32)13-21(30-31-26)19-8-7-16(11-24(19)35)17-14-28-33(2)15-17/h7-8,11,13-15,18,20,22,25,29,35H,3-6,9-10,12H2,1-2H3/t18-,20-,22-,25+/m1/s1. The third-order valence-corrected chi connectivity index (χ3v) is 7.84. The smallest absolute Gasteiger partial charge is 0.175 e. The Labute approximate surface area is 204 Å². The van der Waals surface area contributed by atoms with Gasteiger partial charge in [0.25, 0.3) is 0 Å². The average molecular weight is 478 g/mol. The highest BCUT2D eigenvalue weighted by Gasteiger charge is 2.43. The van der Waals surface area contributed by atoms with Crippen molar-refractivity contribution in [1.29, 1.82) is 0 Å². The van der Waals surface area contributed by atoms with Crippen molar-refractivity contribution in [2.75, 3.05) is 29.9 Å². The first kappa shape index (κ1) is 22.3. The van der Waals surface area contributed by atoms with Crippen LogP contribution >= 0.6 is 0 Å². The van der Waals surface area contributed by atoms with Crippen LogP contribution in [-0.2, 0) is 7.05 Å². The fraction of sp³-hybridized carbons (Fsp3) is 0.500. The second-order valence-electron chi connectivity index (χ2n) is 10.2. The predicted octanol–water partition coefficient (Wildman–Crippen LogP) is 3.52. The number of aromatic hydroxyl groups is 1. The van der Waals surface area contributed by atoms with Gasteiger partial charge in [0.2, 0.25) is 0 Å². The average Bonchev–Trinajstić information content (AvgIpc) is 3.23. The molecule has 184 valence electrons. The number of benzene rings is 1. The molecule has 3 aliphatic heterocycles. The SMILES string of the molecule is CN1CCCN([C@@H]2C[C@H]3CCC[C@@H](N3)[C@@H]2F)c2nnc(-c3ccc(-c4cnn(C)c4)cc3O)cc21. The van der Waals surface area contributed by atoms with Gasteiger partial charge in [-0.1, -0.05) is 12.5 Å². The number of aryl methyl sites for hydroxylation is 1. The Hall–Kier alpha value is -3.20. The Balaban J connectivity index is 1.34. The molecule has 1 aromatic carbocycles. The lowest BCUT2D eigenvalue weighted by Crippen LogP contribution is -2.62. The van der Waals surface area contributed by atoms with Crippen LogP contribution in [0.3, 0.4) is 0 Å². The second-order valence-corrected chi connectivity index (χ2v) is 10.2. The topological polar surface area (TPSA) is 82.3 Å². The molecule has 0 unspecified atom stereocenters. The minimum Gasteiger partial charge on any atom is -0.507 e. The molecule has 3 aromatic rings. The van der Waals surface area contributed by atoms with Crippen molar-refractivity contribution < 1.29 is 9.50 Å². The minimum atomic E-state index is -0.923. The molecule has 0 aliphatic carbocycles. The largest absolute Gasteiger partial charge is 0.507 e. The van der Waals surface area contributed by atoms with Crippen LogP contribution in [0.15, 0.2) is 36.7 Å². The molecule has 2 aromatic heterocycles. The lowest BCUT2D eigenvalue weighted by molar-refractivity contribution is 0.104. The summed E-state index contributed by atoms with van der Waals surface area (Å²) in [6.07, 6.45) is 7.59. The molecular formula is C26H32FN7O. The predicted molar refractivity (Wildman–Crippen MR) is 134 cm³/mol. The maximum atomic E-state index is 15.6. The molecule has 2 bridgehead atoms. The van der Waals surface area contributed by atoms with Gasteiger partial charge in [-0.25, -0.2) is 4.39 Å². The van der Waals surface area contributed by atoms with Crippen LogP contribution in [0.1, 0.15) is 32.1 Å². The number of nitrogens with one attached hydrogen (secondary N) is 1. The number of anilines is 2. The van der Waals surface area contributed by atoms with Crippen LogP contribution in [0.5, 0.6) is 5.75 Å². The molecule has 3 aliphatic rings. The molecule has 0 radical (unpaired) electrons. The molecule has 6 rings (SSSR count). The molecule has 4 atom stereocenters. The zero-order chi connectivity index (χ0) is 24.1. The van der Waals surface area contributed by atoms with Crippen molar-refractivity contribution in [1.82, 2.24) is 25.3 Å². The van der Waals surface area contributed by atoms with E-state index in [4.69, 9.17) is 0 Å². The molecule has 0 spiro atoms. The summed E-state index contributed by atoms with van der Waals surface area (Å²) in [6.45, 7) is 1.62. The van der Waals surface area contributed by atoms with Gasteiger partial charge in [-0.2, -0.15) is 5.10 Å². The molecule has 8 nitrogen and oxygen atoms in total. The Bertz CT molecular complexity index is 1230. The molecule has 0 amide bonds. The maximum Gasteiger partial charge on any atom is 0.175 e. The molecule has 5 heterocycles. The zero-order valence-corrected chi connectivity index (χ0v) is 20.2. The van der Waals surface area contributed by atoms with E-state index in [1.54, 1.807) is 16.9 Å². The summed E-state index contributed by atoms with van der Waals surface area (Å²) < 4.78 is 17.3. The number of rotatable bonds is 3. The molecule has 9 heteroatoms. The summed E-state index contributed by atoms with van der Waals surface area (Å²) in [4.78, 5) is 4.33. The van der Waals surface area contributed by atoms with Crippen molar-refractivity contribution in [3.8, 4) is 28.1 Å². The number of hydrogen-bond acceptors (Lipinski definition) is 7. The van der Waals surface area contributed by atoms with Crippen molar-refractivity contribution >= 4 is 11.5 Å². The van der Waals surface area contributed by atoms with E-state index in [1.165, 1.54) is 0 Å². The fourth-order valence-electron chi connectivity index (χ4n) is 6.00. The van der Waals surface area contributed by atoms with E-state index in [0.717, 1.165) is 67.8 Å². The fourth-order valence-corrected chi connectivity index (χ4v) is 6.00. The number of piperidine rings is 2. The van der Waals surface area contributed by atoms with Crippen LogP contribution in [0, 0.1) is 0 Å². The van der Waals surface area contributed by atoms with Crippen molar-refractivity contribution in [3.63, 3.8) is 0 Å². The summed E-state index contributed by atoms with van der Waals surface area (Å²) in [5.74, 6) is 0.886. The van der Waals surface area contributed by atoms with E-state index in [0.29, 0.717) is 17.3 Å². The van der Waals surface area contributed by atoms with Crippen molar-refractivity contribution in [2.45, 2.75) is 56.4 Å². The van der Waals surface area contributed by atoms with E-state index in [2.05, 4.69) is 30.4 Å². The van der Waals surface area contributed by atoms with Gasteiger partial charge in [-0.3, -0.25) is 4.68 Å². The monoisotopic (exact) mass is 477 g/mol. The Morgan fingerprint density at radius 1 is 1.06 bits per heavy atom. The van der Waals surface area contributed by atoms with Gasteiger partial charge in [0, 0.05) is 56.6 Å². The van der Waals surface area contributed by atoms with Crippen molar-refractivity contribution in [3.05, 3.63) is 36.7 Å². The lowest BCUT2D eigenvalue weighted by atomic mass is 9.82. The Morgan fingerprint density at radius 3 is 2.74 bits per heavy atom. The van der Waals surface area contributed by atoms with Crippen LogP contribution in [-0.4, -0.2) is 69.5 Å². The number of alkyl halides is 1. The lowest BCUT2D eigenvalue weighted by Gasteiger charge is -2.47. The zero-order valence-electron chi connectivity index (χ0n) is 20.2. The van der Waals surface area contributed by atoms with Crippen LogP contribution in [0.25, 0.3) is 22.4 Å². The normalized spacial score (nSPS) is 26.4. The van der Waals surface area contributed by atoms with Gasteiger partial charge >= 0.3 is 0 Å². The first-order valence-corrected chi connectivity index (χ1v) is 12.6. The molecule has 2 saturated heterocycles.